The zero-order valence-corrected chi connectivity index (χ0v) is 18.2. The summed E-state index contributed by atoms with van der Waals surface area (Å²) in [6.45, 7) is 0.477. The molecule has 0 radical (unpaired) electrons. The van der Waals surface area contributed by atoms with Crippen LogP contribution in [0.15, 0.2) is 86.5 Å². The molecule has 7 heteroatoms. The number of anilines is 2. The summed E-state index contributed by atoms with van der Waals surface area (Å²) >= 11 is 3.38. The molecule has 1 amide bonds. The van der Waals surface area contributed by atoms with Crippen LogP contribution >= 0.6 is 15.9 Å². The van der Waals surface area contributed by atoms with E-state index < -0.39 is 11.5 Å². The van der Waals surface area contributed by atoms with Gasteiger partial charge in [-0.25, -0.2) is 4.79 Å². The second-order valence-electron chi connectivity index (χ2n) is 6.78. The summed E-state index contributed by atoms with van der Waals surface area (Å²) in [6.07, 6.45) is 0. The van der Waals surface area contributed by atoms with E-state index in [1.807, 2.05) is 42.5 Å². The van der Waals surface area contributed by atoms with Crippen LogP contribution < -0.4 is 21.0 Å². The molecule has 1 aromatic heterocycles. The summed E-state index contributed by atoms with van der Waals surface area (Å²) in [4.78, 5) is 25.6. The van der Waals surface area contributed by atoms with E-state index in [1.54, 1.807) is 37.4 Å². The first-order chi connectivity index (χ1) is 15.1. The molecule has 0 spiro atoms. The smallest absolute Gasteiger partial charge is 0.362 e. The topological polar surface area (TPSA) is 80.6 Å². The summed E-state index contributed by atoms with van der Waals surface area (Å²) in [7, 11) is 1.55. The molecule has 0 saturated heterocycles. The minimum Gasteiger partial charge on any atom is -0.496 e. The van der Waals surface area contributed by atoms with Gasteiger partial charge in [-0.3, -0.25) is 4.79 Å². The third kappa shape index (κ3) is 4.46. The van der Waals surface area contributed by atoms with E-state index in [0.29, 0.717) is 39.0 Å². The molecule has 4 aromatic rings. The quantitative estimate of drug-likeness (QED) is 0.361. The number of rotatable bonds is 6. The summed E-state index contributed by atoms with van der Waals surface area (Å²) < 4.78 is 11.3. The van der Waals surface area contributed by atoms with Crippen LogP contribution in [0.4, 0.5) is 11.4 Å². The zero-order valence-electron chi connectivity index (χ0n) is 16.6. The molecule has 0 saturated carbocycles. The molecule has 0 aliphatic heterocycles. The van der Waals surface area contributed by atoms with Gasteiger partial charge in [0.2, 0.25) is 0 Å². The van der Waals surface area contributed by atoms with Crippen molar-refractivity contribution >= 4 is 44.2 Å². The van der Waals surface area contributed by atoms with Gasteiger partial charge in [0.15, 0.2) is 5.69 Å². The number of amides is 1. The number of fused-ring (bicyclic) bond motifs is 1. The minimum atomic E-state index is -0.629. The molecule has 3 aromatic carbocycles. The summed E-state index contributed by atoms with van der Waals surface area (Å²) in [5.74, 6) is 0.167. The monoisotopic (exact) mass is 478 g/mol. The van der Waals surface area contributed by atoms with Crippen LogP contribution in [0.2, 0.25) is 0 Å². The third-order valence-electron chi connectivity index (χ3n) is 4.78. The molecule has 0 aliphatic carbocycles. The standard InChI is InChI=1S/C24H19BrN2O4/c1-30-20-12-11-16(13-18(20)25)23(28)27-22-21(26-14-15-7-3-2-4-8-15)17-9-5-6-10-19(17)31-24(22)29/h2-13,26H,14H2,1H3,(H,27,28). The number of nitrogens with one attached hydrogen (secondary N) is 2. The van der Waals surface area contributed by atoms with E-state index in [4.69, 9.17) is 9.15 Å². The summed E-state index contributed by atoms with van der Waals surface area (Å²) in [6, 6.07) is 21.9. The van der Waals surface area contributed by atoms with Gasteiger partial charge in [-0.05, 0) is 51.8 Å². The predicted molar refractivity (Wildman–Crippen MR) is 125 cm³/mol. The first-order valence-electron chi connectivity index (χ1n) is 9.55. The number of halogens is 1. The van der Waals surface area contributed by atoms with E-state index in [1.165, 1.54) is 0 Å². The van der Waals surface area contributed by atoms with Crippen molar-refractivity contribution in [3.8, 4) is 5.75 Å². The Labute approximate surface area is 187 Å². The molecule has 0 unspecified atom stereocenters. The Morgan fingerprint density at radius 1 is 1.00 bits per heavy atom. The Morgan fingerprint density at radius 2 is 1.74 bits per heavy atom. The molecule has 1 heterocycles. The van der Waals surface area contributed by atoms with Crippen molar-refractivity contribution < 1.29 is 13.9 Å². The normalized spacial score (nSPS) is 10.6. The number of ether oxygens (including phenoxy) is 1. The van der Waals surface area contributed by atoms with Crippen LogP contribution in [0.5, 0.6) is 5.75 Å². The van der Waals surface area contributed by atoms with Gasteiger partial charge >= 0.3 is 5.63 Å². The minimum absolute atomic E-state index is 0.0616. The van der Waals surface area contributed by atoms with Gasteiger partial charge in [0, 0.05) is 17.5 Å². The number of hydrogen-bond acceptors (Lipinski definition) is 5. The average Bonchev–Trinajstić information content (AvgIpc) is 2.79. The molecule has 0 bridgehead atoms. The van der Waals surface area contributed by atoms with Crippen LogP contribution in [-0.4, -0.2) is 13.0 Å². The largest absolute Gasteiger partial charge is 0.496 e. The molecular formula is C24H19BrN2O4. The van der Waals surface area contributed by atoms with Crippen molar-refractivity contribution in [2.75, 3.05) is 17.7 Å². The summed E-state index contributed by atoms with van der Waals surface area (Å²) in [5, 5.41) is 6.71. The van der Waals surface area contributed by atoms with E-state index in [9.17, 15) is 9.59 Å². The van der Waals surface area contributed by atoms with E-state index >= 15 is 0 Å². The summed E-state index contributed by atoms with van der Waals surface area (Å²) in [5.41, 5.74) is 1.79. The molecule has 0 aliphatic rings. The lowest BCUT2D eigenvalue weighted by Gasteiger charge is -2.15. The zero-order chi connectivity index (χ0) is 21.8. The average molecular weight is 479 g/mol. The highest BCUT2D eigenvalue weighted by Gasteiger charge is 2.18. The Balaban J connectivity index is 1.72. The fourth-order valence-corrected chi connectivity index (χ4v) is 3.77. The number of para-hydroxylation sites is 1. The number of carbonyl (C=O) groups is 1. The van der Waals surface area contributed by atoms with E-state index in [0.717, 1.165) is 5.56 Å². The van der Waals surface area contributed by atoms with Gasteiger partial charge in [-0.2, -0.15) is 0 Å². The lowest BCUT2D eigenvalue weighted by atomic mass is 10.1. The second-order valence-corrected chi connectivity index (χ2v) is 7.63. The van der Waals surface area contributed by atoms with Crippen molar-refractivity contribution in [2.24, 2.45) is 0 Å². The Bertz CT molecular complexity index is 1300. The molecule has 2 N–H and O–H groups in total. The van der Waals surface area contributed by atoms with Crippen molar-refractivity contribution in [2.45, 2.75) is 6.54 Å². The van der Waals surface area contributed by atoms with E-state index in [-0.39, 0.29) is 5.69 Å². The molecule has 156 valence electrons. The van der Waals surface area contributed by atoms with Gasteiger partial charge in [-0.15, -0.1) is 0 Å². The van der Waals surface area contributed by atoms with Gasteiger partial charge < -0.3 is 19.8 Å². The molecule has 4 rings (SSSR count). The third-order valence-corrected chi connectivity index (χ3v) is 5.40. The SMILES string of the molecule is COc1ccc(C(=O)Nc2c(NCc3ccccc3)c3ccccc3oc2=O)cc1Br. The highest BCUT2D eigenvalue weighted by Crippen LogP contribution is 2.30. The van der Waals surface area contributed by atoms with Crippen molar-refractivity contribution in [3.05, 3.63) is 98.8 Å². The lowest BCUT2D eigenvalue weighted by Crippen LogP contribution is -2.20. The highest BCUT2D eigenvalue weighted by atomic mass is 79.9. The van der Waals surface area contributed by atoms with Crippen molar-refractivity contribution in [3.63, 3.8) is 0 Å². The molecular weight excluding hydrogens is 460 g/mol. The fourth-order valence-electron chi connectivity index (χ4n) is 3.23. The maximum absolute atomic E-state index is 12.9. The Kier molecular flexibility index (Phi) is 6.04. The van der Waals surface area contributed by atoms with Gasteiger partial charge in [0.05, 0.1) is 17.3 Å². The van der Waals surface area contributed by atoms with Gasteiger partial charge in [-0.1, -0.05) is 42.5 Å². The maximum atomic E-state index is 12.9. The predicted octanol–water partition coefficient (Wildman–Crippen LogP) is 5.43. The first-order valence-corrected chi connectivity index (χ1v) is 10.3. The first kappa shape index (κ1) is 20.7. The Hall–Kier alpha value is -3.58. The number of hydrogen-bond donors (Lipinski definition) is 2. The van der Waals surface area contributed by atoms with Crippen LogP contribution in [0.3, 0.4) is 0 Å². The Morgan fingerprint density at radius 3 is 2.48 bits per heavy atom. The van der Waals surface area contributed by atoms with Gasteiger partial charge in [0.1, 0.15) is 11.3 Å². The van der Waals surface area contributed by atoms with Gasteiger partial charge in [0.25, 0.3) is 5.91 Å². The fraction of sp³-hybridized carbons (Fsp3) is 0.0833. The lowest BCUT2D eigenvalue weighted by molar-refractivity contribution is 0.102. The molecule has 0 atom stereocenters. The van der Waals surface area contributed by atoms with Crippen LogP contribution in [0.25, 0.3) is 11.0 Å². The highest BCUT2D eigenvalue weighted by molar-refractivity contribution is 9.10. The molecule has 31 heavy (non-hydrogen) atoms. The maximum Gasteiger partial charge on any atom is 0.362 e. The van der Waals surface area contributed by atoms with Crippen molar-refractivity contribution in [1.29, 1.82) is 0 Å². The van der Waals surface area contributed by atoms with Crippen LogP contribution in [0.1, 0.15) is 15.9 Å². The number of methoxy groups -OCH3 is 1. The second kappa shape index (κ2) is 9.06. The van der Waals surface area contributed by atoms with Crippen molar-refractivity contribution in [1.82, 2.24) is 0 Å². The van der Waals surface area contributed by atoms with E-state index in [2.05, 4.69) is 26.6 Å². The molecule has 6 nitrogen and oxygen atoms in total. The van der Waals surface area contributed by atoms with Crippen LogP contribution in [-0.2, 0) is 6.54 Å². The number of benzene rings is 3. The number of carbonyl (C=O) groups excluding carboxylic acids is 1. The molecule has 0 fully saturated rings. The van der Waals surface area contributed by atoms with Crippen LogP contribution in [0, 0.1) is 0 Å².